The third kappa shape index (κ3) is 2.53. The maximum absolute atomic E-state index is 11.9. The van der Waals surface area contributed by atoms with Crippen LogP contribution in [0.15, 0.2) is 36.8 Å². The topological polar surface area (TPSA) is 46.1 Å². The molecule has 0 fully saturated rings. The Morgan fingerprint density at radius 1 is 1.33 bits per heavy atom. The molecule has 0 spiro atoms. The van der Waals surface area contributed by atoms with E-state index in [1.54, 1.807) is 13.1 Å². The van der Waals surface area contributed by atoms with Crippen LogP contribution in [0, 0.1) is 0 Å². The Morgan fingerprint density at radius 3 is 2.81 bits per heavy atom. The van der Waals surface area contributed by atoms with Gasteiger partial charge in [-0.3, -0.25) is 14.8 Å². The van der Waals surface area contributed by atoms with E-state index in [1.165, 1.54) is 0 Å². The molecule has 0 saturated carbocycles. The lowest BCUT2D eigenvalue weighted by Crippen LogP contribution is -2.32. The molecule has 108 valence electrons. The summed E-state index contributed by atoms with van der Waals surface area (Å²) in [6, 6.07) is 6.07. The fraction of sp³-hybridized carbons (Fsp3) is 0.353. The Kier molecular flexibility index (Phi) is 3.24. The molecule has 0 aromatic carbocycles. The molecule has 3 rings (SSSR count). The van der Waals surface area contributed by atoms with E-state index < -0.39 is 0 Å². The van der Waals surface area contributed by atoms with E-state index in [-0.39, 0.29) is 11.3 Å². The minimum absolute atomic E-state index is 0.0714. The highest BCUT2D eigenvalue weighted by molar-refractivity contribution is 5.94. The molecular weight excluding hydrogens is 262 g/mol. The molecule has 0 radical (unpaired) electrons. The van der Waals surface area contributed by atoms with Gasteiger partial charge in [-0.25, -0.2) is 0 Å². The van der Waals surface area contributed by atoms with Crippen LogP contribution in [-0.4, -0.2) is 22.4 Å². The van der Waals surface area contributed by atoms with Gasteiger partial charge in [-0.15, -0.1) is 0 Å². The monoisotopic (exact) mass is 281 g/mol. The third-order valence-corrected chi connectivity index (χ3v) is 3.92. The number of fused-ring (bicyclic) bond motifs is 1. The van der Waals surface area contributed by atoms with Crippen molar-refractivity contribution in [1.29, 1.82) is 0 Å². The van der Waals surface area contributed by atoms with Gasteiger partial charge in [0.1, 0.15) is 0 Å². The predicted molar refractivity (Wildman–Crippen MR) is 82.3 cm³/mol. The number of amides is 1. The van der Waals surface area contributed by atoms with Gasteiger partial charge in [0.05, 0.1) is 11.4 Å². The van der Waals surface area contributed by atoms with Crippen LogP contribution in [0.1, 0.15) is 37.6 Å². The van der Waals surface area contributed by atoms with E-state index in [0.717, 1.165) is 28.9 Å². The highest BCUT2D eigenvalue weighted by Gasteiger charge is 2.38. The van der Waals surface area contributed by atoms with E-state index in [0.29, 0.717) is 6.54 Å². The first-order valence-electron chi connectivity index (χ1n) is 7.14. The standard InChI is InChI=1S/C17H19N3O/c1-12(21)20-11-17(2,3)16-15(20)8-14(10-19-16)7-13-5-4-6-18-9-13/h4-6,8-10H,7,11H2,1-3H3. The summed E-state index contributed by atoms with van der Waals surface area (Å²) in [5, 5.41) is 0. The first kappa shape index (κ1) is 13.7. The molecule has 1 amide bonds. The van der Waals surface area contributed by atoms with Crippen molar-refractivity contribution < 1.29 is 4.79 Å². The molecule has 2 aromatic heterocycles. The largest absolute Gasteiger partial charge is 0.310 e. The van der Waals surface area contributed by atoms with Crippen molar-refractivity contribution >= 4 is 11.6 Å². The minimum atomic E-state index is -0.0894. The number of carbonyl (C=O) groups is 1. The number of rotatable bonds is 2. The van der Waals surface area contributed by atoms with Crippen LogP contribution in [0.2, 0.25) is 0 Å². The smallest absolute Gasteiger partial charge is 0.223 e. The average molecular weight is 281 g/mol. The maximum Gasteiger partial charge on any atom is 0.223 e. The molecule has 0 unspecified atom stereocenters. The predicted octanol–water partition coefficient (Wildman–Crippen LogP) is 2.71. The van der Waals surface area contributed by atoms with Crippen molar-refractivity contribution in [2.75, 3.05) is 11.4 Å². The molecule has 21 heavy (non-hydrogen) atoms. The van der Waals surface area contributed by atoms with Gasteiger partial charge in [-0.05, 0) is 23.3 Å². The second kappa shape index (κ2) is 4.95. The number of anilines is 1. The zero-order valence-corrected chi connectivity index (χ0v) is 12.6. The van der Waals surface area contributed by atoms with Crippen LogP contribution < -0.4 is 4.90 Å². The first-order chi connectivity index (χ1) is 9.97. The lowest BCUT2D eigenvalue weighted by atomic mass is 9.91. The van der Waals surface area contributed by atoms with Crippen LogP contribution in [0.4, 0.5) is 5.69 Å². The van der Waals surface area contributed by atoms with Crippen LogP contribution >= 0.6 is 0 Å². The van der Waals surface area contributed by atoms with E-state index >= 15 is 0 Å². The fourth-order valence-electron chi connectivity index (χ4n) is 2.89. The first-order valence-corrected chi connectivity index (χ1v) is 7.14. The van der Waals surface area contributed by atoms with Crippen molar-refractivity contribution in [3.63, 3.8) is 0 Å². The van der Waals surface area contributed by atoms with Gasteiger partial charge in [0, 0.05) is 43.9 Å². The Balaban J connectivity index is 1.97. The van der Waals surface area contributed by atoms with Crippen LogP contribution in [0.3, 0.4) is 0 Å². The fourth-order valence-corrected chi connectivity index (χ4v) is 2.89. The maximum atomic E-state index is 11.9. The molecule has 0 aliphatic carbocycles. The summed E-state index contributed by atoms with van der Waals surface area (Å²) in [6.07, 6.45) is 6.32. The Hall–Kier alpha value is -2.23. The molecule has 0 saturated heterocycles. The van der Waals surface area contributed by atoms with Crippen molar-refractivity contribution in [1.82, 2.24) is 9.97 Å². The summed E-state index contributed by atoms with van der Waals surface area (Å²) in [4.78, 5) is 22.4. The van der Waals surface area contributed by atoms with Gasteiger partial charge in [-0.2, -0.15) is 0 Å². The summed E-state index contributed by atoms with van der Waals surface area (Å²) < 4.78 is 0. The summed E-state index contributed by atoms with van der Waals surface area (Å²) in [5.74, 6) is 0.0714. The van der Waals surface area contributed by atoms with Crippen molar-refractivity contribution in [3.05, 3.63) is 53.6 Å². The molecular formula is C17H19N3O. The quantitative estimate of drug-likeness (QED) is 0.850. The van der Waals surface area contributed by atoms with E-state index in [2.05, 4.69) is 29.9 Å². The molecule has 1 aliphatic rings. The van der Waals surface area contributed by atoms with Crippen molar-refractivity contribution in [2.24, 2.45) is 0 Å². The minimum Gasteiger partial charge on any atom is -0.310 e. The molecule has 1 aliphatic heterocycles. The second-order valence-corrected chi connectivity index (χ2v) is 6.24. The Bertz CT molecular complexity index is 680. The van der Waals surface area contributed by atoms with Gasteiger partial charge in [0.15, 0.2) is 0 Å². The average Bonchev–Trinajstić information content (AvgIpc) is 2.72. The number of hydrogen-bond acceptors (Lipinski definition) is 3. The van der Waals surface area contributed by atoms with E-state index in [1.807, 2.05) is 29.4 Å². The SMILES string of the molecule is CC(=O)N1CC(C)(C)c2ncc(Cc3cccnc3)cc21. The van der Waals surface area contributed by atoms with Gasteiger partial charge < -0.3 is 4.90 Å². The van der Waals surface area contributed by atoms with Crippen molar-refractivity contribution in [2.45, 2.75) is 32.6 Å². The normalized spacial score (nSPS) is 15.9. The molecule has 0 atom stereocenters. The summed E-state index contributed by atoms with van der Waals surface area (Å²) >= 11 is 0. The summed E-state index contributed by atoms with van der Waals surface area (Å²) in [5.41, 5.74) is 4.12. The van der Waals surface area contributed by atoms with Gasteiger partial charge in [0.2, 0.25) is 5.91 Å². The molecule has 0 bridgehead atoms. The number of nitrogens with zero attached hydrogens (tertiary/aromatic N) is 3. The number of carbonyl (C=O) groups excluding carboxylic acids is 1. The van der Waals surface area contributed by atoms with Gasteiger partial charge in [-0.1, -0.05) is 19.9 Å². The molecule has 4 heteroatoms. The number of hydrogen-bond donors (Lipinski definition) is 0. The highest BCUT2D eigenvalue weighted by Crippen LogP contribution is 2.39. The number of aromatic nitrogens is 2. The van der Waals surface area contributed by atoms with Crippen LogP contribution in [-0.2, 0) is 16.6 Å². The van der Waals surface area contributed by atoms with Gasteiger partial charge >= 0.3 is 0 Å². The van der Waals surface area contributed by atoms with Crippen LogP contribution in [0.5, 0.6) is 0 Å². The lowest BCUT2D eigenvalue weighted by Gasteiger charge is -2.18. The second-order valence-electron chi connectivity index (χ2n) is 6.24. The lowest BCUT2D eigenvalue weighted by molar-refractivity contribution is -0.116. The van der Waals surface area contributed by atoms with E-state index in [9.17, 15) is 4.79 Å². The number of pyridine rings is 2. The Morgan fingerprint density at radius 2 is 2.14 bits per heavy atom. The zero-order chi connectivity index (χ0) is 15.0. The van der Waals surface area contributed by atoms with Gasteiger partial charge in [0.25, 0.3) is 0 Å². The summed E-state index contributed by atoms with van der Waals surface area (Å²) in [7, 11) is 0. The van der Waals surface area contributed by atoms with E-state index in [4.69, 9.17) is 0 Å². The molecule has 2 aromatic rings. The molecule has 4 nitrogen and oxygen atoms in total. The third-order valence-electron chi connectivity index (χ3n) is 3.92. The molecule has 3 heterocycles. The van der Waals surface area contributed by atoms with Crippen molar-refractivity contribution in [3.8, 4) is 0 Å². The van der Waals surface area contributed by atoms with Crippen LogP contribution in [0.25, 0.3) is 0 Å². The highest BCUT2D eigenvalue weighted by atomic mass is 16.2. The summed E-state index contributed by atoms with van der Waals surface area (Å²) in [6.45, 7) is 6.56. The Labute approximate surface area is 124 Å². The molecule has 0 N–H and O–H groups in total. The zero-order valence-electron chi connectivity index (χ0n) is 12.6.